The van der Waals surface area contributed by atoms with Gasteiger partial charge in [-0.1, -0.05) is 30.3 Å². The third-order valence-electron chi connectivity index (χ3n) is 4.38. The van der Waals surface area contributed by atoms with Crippen molar-refractivity contribution in [3.63, 3.8) is 0 Å². The van der Waals surface area contributed by atoms with Crippen molar-refractivity contribution in [1.29, 1.82) is 0 Å². The van der Waals surface area contributed by atoms with Gasteiger partial charge in [0.25, 0.3) is 0 Å². The van der Waals surface area contributed by atoms with Crippen LogP contribution in [0, 0.1) is 5.92 Å². The van der Waals surface area contributed by atoms with E-state index in [1.54, 1.807) is 31.1 Å². The number of rotatable bonds is 4. The van der Waals surface area contributed by atoms with Gasteiger partial charge in [-0.25, -0.2) is 9.59 Å². The van der Waals surface area contributed by atoms with E-state index in [1.807, 2.05) is 18.2 Å². The third kappa shape index (κ3) is 4.71. The van der Waals surface area contributed by atoms with E-state index in [-0.39, 0.29) is 17.9 Å². The number of hydrogen-bond acceptors (Lipinski definition) is 4. The molecule has 7 nitrogen and oxygen atoms in total. The van der Waals surface area contributed by atoms with Crippen molar-refractivity contribution in [3.8, 4) is 0 Å². The van der Waals surface area contributed by atoms with Gasteiger partial charge in [0, 0.05) is 33.1 Å². The second kappa shape index (κ2) is 8.50. The van der Waals surface area contributed by atoms with Crippen LogP contribution in [0.3, 0.4) is 0 Å². The summed E-state index contributed by atoms with van der Waals surface area (Å²) >= 11 is 0. The van der Waals surface area contributed by atoms with E-state index >= 15 is 0 Å². The number of likely N-dealkylation sites (tertiary alicyclic amines) is 1. The van der Waals surface area contributed by atoms with Crippen molar-refractivity contribution in [1.82, 2.24) is 15.1 Å². The molecule has 0 aromatic heterocycles. The Kier molecular flexibility index (Phi) is 6.38. The van der Waals surface area contributed by atoms with Crippen LogP contribution in [0.1, 0.15) is 24.4 Å². The Labute approximate surface area is 147 Å². The number of nitrogens with one attached hydrogen (secondary N) is 1. The lowest BCUT2D eigenvalue weighted by atomic mass is 9.95. The standard InChI is InChI=1S/C18H25N3O4/c1-20(2)18(24)21-11-9-14(10-12-21)16(22)19-15(17(23)25-3)13-7-5-4-6-8-13/h4-8,14-15H,9-12H2,1-3H3,(H,19,22)/t15-/m1/s1. The highest BCUT2D eigenvalue weighted by Gasteiger charge is 2.31. The summed E-state index contributed by atoms with van der Waals surface area (Å²) in [5, 5.41) is 2.79. The normalized spacial score (nSPS) is 16.0. The maximum absolute atomic E-state index is 12.6. The van der Waals surface area contributed by atoms with Crippen LogP contribution in [0.15, 0.2) is 30.3 Å². The molecular weight excluding hydrogens is 322 g/mol. The van der Waals surface area contributed by atoms with Crippen molar-refractivity contribution in [3.05, 3.63) is 35.9 Å². The average Bonchev–Trinajstić information content (AvgIpc) is 2.65. The minimum absolute atomic E-state index is 0.0458. The summed E-state index contributed by atoms with van der Waals surface area (Å²) in [4.78, 5) is 39.9. The van der Waals surface area contributed by atoms with E-state index in [0.717, 1.165) is 0 Å². The molecule has 1 aliphatic heterocycles. The molecule has 1 N–H and O–H groups in total. The Morgan fingerprint density at radius 3 is 2.28 bits per heavy atom. The molecule has 1 aliphatic rings. The lowest BCUT2D eigenvalue weighted by Gasteiger charge is -2.33. The van der Waals surface area contributed by atoms with Crippen molar-refractivity contribution in [2.24, 2.45) is 5.92 Å². The Morgan fingerprint density at radius 2 is 1.76 bits per heavy atom. The Balaban J connectivity index is 1.98. The minimum atomic E-state index is -0.819. The van der Waals surface area contributed by atoms with Gasteiger partial charge in [0.05, 0.1) is 7.11 Å². The second-order valence-electron chi connectivity index (χ2n) is 6.31. The van der Waals surface area contributed by atoms with Crippen LogP contribution in [0.5, 0.6) is 0 Å². The number of nitrogens with zero attached hydrogens (tertiary/aromatic N) is 2. The van der Waals surface area contributed by atoms with Crippen LogP contribution in [0.25, 0.3) is 0 Å². The van der Waals surface area contributed by atoms with Gasteiger partial charge < -0.3 is 19.9 Å². The molecule has 0 spiro atoms. The Morgan fingerprint density at radius 1 is 1.16 bits per heavy atom. The van der Waals surface area contributed by atoms with Gasteiger partial charge >= 0.3 is 12.0 Å². The highest BCUT2D eigenvalue weighted by atomic mass is 16.5. The second-order valence-corrected chi connectivity index (χ2v) is 6.31. The third-order valence-corrected chi connectivity index (χ3v) is 4.38. The largest absolute Gasteiger partial charge is 0.467 e. The number of piperidine rings is 1. The molecule has 3 amide bonds. The number of amides is 3. The topological polar surface area (TPSA) is 79.0 Å². The van der Waals surface area contributed by atoms with E-state index in [4.69, 9.17) is 4.74 Å². The monoisotopic (exact) mass is 347 g/mol. The minimum Gasteiger partial charge on any atom is -0.467 e. The first-order chi connectivity index (χ1) is 11.9. The number of hydrogen-bond donors (Lipinski definition) is 1. The first-order valence-electron chi connectivity index (χ1n) is 8.33. The van der Waals surface area contributed by atoms with Gasteiger partial charge in [0.15, 0.2) is 6.04 Å². The van der Waals surface area contributed by atoms with Crippen molar-refractivity contribution < 1.29 is 19.1 Å². The fraction of sp³-hybridized carbons (Fsp3) is 0.500. The predicted molar refractivity (Wildman–Crippen MR) is 92.7 cm³/mol. The van der Waals surface area contributed by atoms with Crippen LogP contribution in [-0.4, -0.2) is 62.0 Å². The number of carbonyl (C=O) groups is 3. The molecule has 1 atom stereocenters. The van der Waals surface area contributed by atoms with Crippen molar-refractivity contribution in [2.45, 2.75) is 18.9 Å². The van der Waals surface area contributed by atoms with Gasteiger partial charge in [-0.05, 0) is 18.4 Å². The maximum atomic E-state index is 12.6. The van der Waals surface area contributed by atoms with E-state index < -0.39 is 12.0 Å². The zero-order chi connectivity index (χ0) is 18.4. The lowest BCUT2D eigenvalue weighted by Crippen LogP contribution is -2.47. The molecule has 1 aromatic rings. The Hall–Kier alpha value is -2.57. The van der Waals surface area contributed by atoms with Gasteiger partial charge in [-0.15, -0.1) is 0 Å². The van der Waals surface area contributed by atoms with Gasteiger partial charge in [0.2, 0.25) is 5.91 Å². The predicted octanol–water partition coefficient (Wildman–Crippen LogP) is 1.41. The van der Waals surface area contributed by atoms with E-state index in [0.29, 0.717) is 31.5 Å². The molecular formula is C18H25N3O4. The molecule has 1 fully saturated rings. The molecule has 0 bridgehead atoms. The van der Waals surface area contributed by atoms with Crippen LogP contribution >= 0.6 is 0 Å². The van der Waals surface area contributed by atoms with Gasteiger partial charge in [0.1, 0.15) is 0 Å². The molecule has 1 saturated heterocycles. The molecule has 0 unspecified atom stereocenters. The van der Waals surface area contributed by atoms with Crippen LogP contribution in [0.2, 0.25) is 0 Å². The fourth-order valence-corrected chi connectivity index (χ4v) is 2.92. The number of carbonyl (C=O) groups excluding carboxylic acids is 3. The van der Waals surface area contributed by atoms with E-state index in [2.05, 4.69) is 5.32 Å². The van der Waals surface area contributed by atoms with Crippen molar-refractivity contribution >= 4 is 17.9 Å². The molecule has 136 valence electrons. The first-order valence-corrected chi connectivity index (χ1v) is 8.33. The zero-order valence-electron chi connectivity index (χ0n) is 14.9. The zero-order valence-corrected chi connectivity index (χ0v) is 14.9. The number of benzene rings is 1. The number of urea groups is 1. The Bertz CT molecular complexity index is 610. The number of methoxy groups -OCH3 is 1. The fourth-order valence-electron chi connectivity index (χ4n) is 2.92. The van der Waals surface area contributed by atoms with Crippen LogP contribution in [-0.2, 0) is 14.3 Å². The van der Waals surface area contributed by atoms with Crippen LogP contribution in [0.4, 0.5) is 4.79 Å². The van der Waals surface area contributed by atoms with Crippen molar-refractivity contribution in [2.75, 3.05) is 34.3 Å². The van der Waals surface area contributed by atoms with Gasteiger partial charge in [-0.2, -0.15) is 0 Å². The average molecular weight is 347 g/mol. The molecule has 1 heterocycles. The summed E-state index contributed by atoms with van der Waals surface area (Å²) in [6.45, 7) is 1.06. The van der Waals surface area contributed by atoms with E-state index in [9.17, 15) is 14.4 Å². The molecule has 7 heteroatoms. The quantitative estimate of drug-likeness (QED) is 0.835. The molecule has 0 radical (unpaired) electrons. The van der Waals surface area contributed by atoms with Crippen LogP contribution < -0.4 is 5.32 Å². The summed E-state index contributed by atoms with van der Waals surface area (Å²) < 4.78 is 4.82. The molecule has 2 rings (SSSR count). The summed E-state index contributed by atoms with van der Waals surface area (Å²) in [6.07, 6.45) is 1.15. The maximum Gasteiger partial charge on any atom is 0.333 e. The highest BCUT2D eigenvalue weighted by Crippen LogP contribution is 2.21. The highest BCUT2D eigenvalue weighted by molar-refractivity contribution is 5.86. The smallest absolute Gasteiger partial charge is 0.333 e. The summed E-state index contributed by atoms with van der Waals surface area (Å²) in [6, 6.07) is 8.15. The summed E-state index contributed by atoms with van der Waals surface area (Å²) in [5.41, 5.74) is 0.683. The first kappa shape index (κ1) is 18.8. The molecule has 0 aliphatic carbocycles. The summed E-state index contributed by atoms with van der Waals surface area (Å²) in [7, 11) is 4.72. The number of esters is 1. The SMILES string of the molecule is COC(=O)[C@H](NC(=O)C1CCN(C(=O)N(C)C)CC1)c1ccccc1. The number of ether oxygens (including phenoxy) is 1. The van der Waals surface area contributed by atoms with Gasteiger partial charge in [-0.3, -0.25) is 4.79 Å². The summed E-state index contributed by atoms with van der Waals surface area (Å²) in [5.74, 6) is -0.905. The molecule has 0 saturated carbocycles. The molecule has 25 heavy (non-hydrogen) atoms. The molecule has 1 aromatic carbocycles. The van der Waals surface area contributed by atoms with E-state index in [1.165, 1.54) is 12.0 Å². The lowest BCUT2D eigenvalue weighted by molar-refractivity contribution is -0.146.